The Morgan fingerprint density at radius 2 is 1.85 bits per heavy atom. The van der Waals surface area contributed by atoms with Crippen LogP contribution in [0.2, 0.25) is 0 Å². The van der Waals surface area contributed by atoms with Gasteiger partial charge in [-0.05, 0) is 19.8 Å². The van der Waals surface area contributed by atoms with Crippen molar-refractivity contribution in [2.24, 2.45) is 0 Å². The molecule has 1 aliphatic rings. The van der Waals surface area contributed by atoms with Crippen molar-refractivity contribution in [1.29, 1.82) is 0 Å². The molecule has 1 aromatic rings. The number of hydrogen-bond acceptors (Lipinski definition) is 4. The fourth-order valence-corrected chi connectivity index (χ4v) is 1.64. The number of nitrogens with one attached hydrogen (secondary N) is 2. The van der Waals surface area contributed by atoms with Crippen LogP contribution in [0.15, 0.2) is 6.07 Å². The maximum atomic E-state index is 12.9. The Kier molecular flexibility index (Phi) is 4.29. The highest BCUT2D eigenvalue weighted by Crippen LogP contribution is 2.38. The van der Waals surface area contributed by atoms with Crippen LogP contribution >= 0.6 is 0 Å². The molecule has 1 aliphatic carbocycles. The van der Waals surface area contributed by atoms with Crippen molar-refractivity contribution < 1.29 is 17.6 Å². The molecule has 0 saturated heterocycles. The second kappa shape index (κ2) is 5.80. The highest BCUT2D eigenvalue weighted by atomic mass is 19.3. The van der Waals surface area contributed by atoms with Gasteiger partial charge in [0.25, 0.3) is 0 Å². The van der Waals surface area contributed by atoms with Crippen LogP contribution in [0.1, 0.15) is 31.5 Å². The van der Waals surface area contributed by atoms with Gasteiger partial charge in [0.05, 0.1) is 6.54 Å². The van der Waals surface area contributed by atoms with Crippen molar-refractivity contribution in [3.8, 4) is 0 Å². The summed E-state index contributed by atoms with van der Waals surface area (Å²) in [6, 6.07) is 1.44. The molecule has 20 heavy (non-hydrogen) atoms. The van der Waals surface area contributed by atoms with Crippen LogP contribution in [0.3, 0.4) is 0 Å². The third kappa shape index (κ3) is 3.71. The van der Waals surface area contributed by atoms with Gasteiger partial charge in [-0.3, -0.25) is 0 Å². The summed E-state index contributed by atoms with van der Waals surface area (Å²) in [7, 11) is 0. The third-order valence-electron chi connectivity index (χ3n) is 2.87. The fraction of sp³-hybridized carbons (Fsp3) is 0.667. The van der Waals surface area contributed by atoms with Crippen molar-refractivity contribution in [1.82, 2.24) is 9.97 Å². The lowest BCUT2D eigenvalue weighted by Crippen LogP contribution is -2.35. The molecule has 112 valence electrons. The summed E-state index contributed by atoms with van der Waals surface area (Å²) in [5, 5.41) is 5.23. The van der Waals surface area contributed by atoms with Gasteiger partial charge in [-0.2, -0.15) is 8.78 Å². The van der Waals surface area contributed by atoms with E-state index in [-0.39, 0.29) is 11.7 Å². The van der Waals surface area contributed by atoms with Gasteiger partial charge in [0.2, 0.25) is 0 Å². The van der Waals surface area contributed by atoms with Crippen molar-refractivity contribution in [3.63, 3.8) is 0 Å². The number of rotatable bonds is 7. The molecule has 0 amide bonds. The lowest BCUT2D eigenvalue weighted by Gasteiger charge is -2.17. The van der Waals surface area contributed by atoms with E-state index in [0.717, 1.165) is 12.8 Å². The van der Waals surface area contributed by atoms with E-state index >= 15 is 0 Å². The van der Waals surface area contributed by atoms with Gasteiger partial charge in [0.1, 0.15) is 17.5 Å². The Balaban J connectivity index is 2.10. The largest absolute Gasteiger partial charge is 0.370 e. The highest BCUT2D eigenvalue weighted by Gasteiger charge is 2.40. The summed E-state index contributed by atoms with van der Waals surface area (Å²) < 4.78 is 50.0. The number of alkyl halides is 4. The lowest BCUT2D eigenvalue weighted by molar-refractivity contribution is -0.117. The predicted octanol–water partition coefficient (Wildman–Crippen LogP) is 3.10. The number of hydrogen-bond donors (Lipinski definition) is 2. The topological polar surface area (TPSA) is 49.8 Å². The van der Waals surface area contributed by atoms with Crippen LogP contribution in [0, 0.1) is 0 Å². The molecule has 0 aliphatic heterocycles. The number of aromatic nitrogens is 2. The van der Waals surface area contributed by atoms with Crippen molar-refractivity contribution in [2.75, 3.05) is 23.7 Å². The van der Waals surface area contributed by atoms with Crippen LogP contribution in [-0.4, -0.2) is 35.4 Å². The minimum Gasteiger partial charge on any atom is -0.370 e. The quantitative estimate of drug-likeness (QED) is 0.758. The van der Waals surface area contributed by atoms with Crippen LogP contribution in [0.5, 0.6) is 0 Å². The van der Waals surface area contributed by atoms with Gasteiger partial charge in [-0.25, -0.2) is 18.7 Å². The van der Waals surface area contributed by atoms with Crippen LogP contribution in [-0.2, 0) is 0 Å². The van der Waals surface area contributed by atoms with Crippen LogP contribution in [0.25, 0.3) is 0 Å². The number of anilines is 2. The van der Waals surface area contributed by atoms with E-state index < -0.39 is 18.9 Å². The van der Waals surface area contributed by atoms with E-state index in [4.69, 9.17) is 0 Å². The summed E-state index contributed by atoms with van der Waals surface area (Å²) in [4.78, 5) is 8.37. The van der Waals surface area contributed by atoms with E-state index in [9.17, 15) is 17.6 Å². The number of nitrogens with zero attached hydrogens (tertiary/aromatic N) is 2. The SMILES string of the molecule is CCNc1cc(NCC(F)(F)C(F)F)nc(C2CC2)n1. The first-order valence-electron chi connectivity index (χ1n) is 6.45. The van der Waals surface area contributed by atoms with Gasteiger partial charge < -0.3 is 10.6 Å². The van der Waals surface area contributed by atoms with E-state index in [1.165, 1.54) is 6.07 Å². The summed E-state index contributed by atoms with van der Waals surface area (Å²) >= 11 is 0. The normalized spacial score (nSPS) is 15.5. The standard InChI is InChI=1S/C12H16F4N4/c1-2-17-8-5-9(18-6-12(15,16)11(13)14)20-10(19-8)7-3-4-7/h5,7,11H,2-4,6H2,1H3,(H2,17,18,19,20). The summed E-state index contributed by atoms with van der Waals surface area (Å²) in [6.45, 7) is 1.34. The fourth-order valence-electron chi connectivity index (χ4n) is 1.64. The predicted molar refractivity (Wildman–Crippen MR) is 67.6 cm³/mol. The van der Waals surface area contributed by atoms with Gasteiger partial charge >= 0.3 is 12.3 Å². The van der Waals surface area contributed by atoms with Gasteiger partial charge in [0, 0.05) is 18.5 Å². The molecule has 0 bridgehead atoms. The highest BCUT2D eigenvalue weighted by molar-refractivity contribution is 5.48. The molecule has 8 heteroatoms. The molecule has 0 spiro atoms. The average Bonchev–Trinajstić information content (AvgIpc) is 3.21. The zero-order valence-corrected chi connectivity index (χ0v) is 11.0. The maximum Gasteiger partial charge on any atom is 0.324 e. The van der Waals surface area contributed by atoms with Gasteiger partial charge in [-0.15, -0.1) is 0 Å². The first-order valence-corrected chi connectivity index (χ1v) is 6.45. The zero-order valence-electron chi connectivity index (χ0n) is 11.0. The molecule has 0 aromatic carbocycles. The van der Waals surface area contributed by atoms with Crippen molar-refractivity contribution in [2.45, 2.75) is 38.0 Å². The molecule has 4 nitrogen and oxygen atoms in total. The zero-order chi connectivity index (χ0) is 14.8. The Hall–Kier alpha value is -1.60. The first kappa shape index (κ1) is 14.8. The van der Waals surface area contributed by atoms with E-state index in [1.807, 2.05) is 6.92 Å². The second-order valence-corrected chi connectivity index (χ2v) is 4.72. The molecule has 1 saturated carbocycles. The second-order valence-electron chi connectivity index (χ2n) is 4.72. The van der Waals surface area contributed by atoms with Crippen molar-refractivity contribution >= 4 is 11.6 Å². The van der Waals surface area contributed by atoms with Crippen LogP contribution in [0.4, 0.5) is 29.2 Å². The lowest BCUT2D eigenvalue weighted by atomic mass is 10.3. The molecule has 1 heterocycles. The smallest absolute Gasteiger partial charge is 0.324 e. The van der Waals surface area contributed by atoms with Crippen LogP contribution < -0.4 is 10.6 Å². The molecule has 2 N–H and O–H groups in total. The minimum atomic E-state index is -4.08. The molecule has 1 fully saturated rings. The van der Waals surface area contributed by atoms with E-state index in [0.29, 0.717) is 18.2 Å². The maximum absolute atomic E-state index is 12.9. The Morgan fingerprint density at radius 1 is 1.25 bits per heavy atom. The molecule has 0 atom stereocenters. The Bertz CT molecular complexity index is 463. The molecular formula is C12H16F4N4. The molecule has 0 radical (unpaired) electrons. The molecular weight excluding hydrogens is 276 g/mol. The van der Waals surface area contributed by atoms with E-state index in [1.54, 1.807) is 0 Å². The first-order chi connectivity index (χ1) is 9.42. The van der Waals surface area contributed by atoms with Gasteiger partial charge in [-0.1, -0.05) is 0 Å². The monoisotopic (exact) mass is 292 g/mol. The summed E-state index contributed by atoms with van der Waals surface area (Å²) in [5.74, 6) is -2.63. The van der Waals surface area contributed by atoms with E-state index in [2.05, 4.69) is 20.6 Å². The van der Waals surface area contributed by atoms with Crippen molar-refractivity contribution in [3.05, 3.63) is 11.9 Å². The van der Waals surface area contributed by atoms with Gasteiger partial charge in [0.15, 0.2) is 0 Å². The average molecular weight is 292 g/mol. The summed E-state index contributed by atoms with van der Waals surface area (Å²) in [5.41, 5.74) is 0. The molecule has 2 rings (SSSR count). The Morgan fingerprint density at radius 3 is 2.35 bits per heavy atom. The molecule has 0 unspecified atom stereocenters. The Labute approximate surface area is 114 Å². The third-order valence-corrected chi connectivity index (χ3v) is 2.87. The number of halogens is 4. The summed E-state index contributed by atoms with van der Waals surface area (Å²) in [6.07, 6.45) is -1.78. The minimum absolute atomic E-state index is 0.137. The molecule has 1 aromatic heterocycles.